The second kappa shape index (κ2) is 5.61. The number of methoxy groups -OCH3 is 1. The molecule has 108 valence electrons. The van der Waals surface area contributed by atoms with Crippen LogP contribution in [0.25, 0.3) is 0 Å². The molecule has 1 fully saturated rings. The third-order valence-electron chi connectivity index (χ3n) is 3.80. The average molecular weight is 277 g/mol. The van der Waals surface area contributed by atoms with Crippen molar-refractivity contribution >= 4 is 5.91 Å². The number of aryl methyl sites for hydroxylation is 1. The number of carbonyl (C=O) groups is 1. The van der Waals surface area contributed by atoms with Crippen molar-refractivity contribution in [1.82, 2.24) is 4.90 Å². The molecule has 1 saturated heterocycles. The lowest BCUT2D eigenvalue weighted by Crippen LogP contribution is -2.27. The fourth-order valence-electron chi connectivity index (χ4n) is 2.70. The summed E-state index contributed by atoms with van der Waals surface area (Å²) < 4.78 is 16.1. The number of ether oxygens (including phenoxy) is 3. The summed E-state index contributed by atoms with van der Waals surface area (Å²) in [6.45, 7) is 2.04. The molecule has 0 aliphatic carbocycles. The Balaban J connectivity index is 1.67. The largest absolute Gasteiger partial charge is 0.493 e. The number of nitrogens with zero attached hydrogens (tertiary/aromatic N) is 1. The maximum atomic E-state index is 12.0. The summed E-state index contributed by atoms with van der Waals surface area (Å²) in [5, 5.41) is 0. The number of rotatable bonds is 4. The van der Waals surface area contributed by atoms with Gasteiger partial charge >= 0.3 is 0 Å². The topological polar surface area (TPSA) is 48.0 Å². The summed E-state index contributed by atoms with van der Waals surface area (Å²) in [4.78, 5) is 14.0. The lowest BCUT2D eigenvalue weighted by Gasteiger charge is -2.15. The van der Waals surface area contributed by atoms with Crippen LogP contribution in [0, 0.1) is 0 Å². The Morgan fingerprint density at radius 1 is 1.30 bits per heavy atom. The number of fused-ring (bicyclic) bond motifs is 1. The van der Waals surface area contributed by atoms with Crippen molar-refractivity contribution in [3.63, 3.8) is 0 Å². The van der Waals surface area contributed by atoms with E-state index in [2.05, 4.69) is 0 Å². The first-order valence-corrected chi connectivity index (χ1v) is 7.02. The highest BCUT2D eigenvalue weighted by molar-refractivity contribution is 5.76. The molecular weight excluding hydrogens is 258 g/mol. The van der Waals surface area contributed by atoms with Crippen molar-refractivity contribution in [2.45, 2.75) is 25.7 Å². The Labute approximate surface area is 118 Å². The van der Waals surface area contributed by atoms with Crippen molar-refractivity contribution in [3.05, 3.63) is 17.7 Å². The van der Waals surface area contributed by atoms with Crippen molar-refractivity contribution in [2.75, 3.05) is 27.0 Å². The van der Waals surface area contributed by atoms with E-state index in [-0.39, 0.29) is 12.7 Å². The van der Waals surface area contributed by atoms with Crippen LogP contribution in [0.5, 0.6) is 17.2 Å². The molecular formula is C15H19NO4. The van der Waals surface area contributed by atoms with E-state index in [9.17, 15) is 4.79 Å². The highest BCUT2D eigenvalue weighted by atomic mass is 16.7. The summed E-state index contributed by atoms with van der Waals surface area (Å²) >= 11 is 0. The van der Waals surface area contributed by atoms with Gasteiger partial charge in [-0.3, -0.25) is 4.79 Å². The van der Waals surface area contributed by atoms with Crippen molar-refractivity contribution in [1.29, 1.82) is 0 Å². The number of carbonyl (C=O) groups excluding carboxylic acids is 1. The summed E-state index contributed by atoms with van der Waals surface area (Å²) in [6, 6.07) is 3.85. The minimum absolute atomic E-state index is 0.224. The number of hydrogen-bond acceptors (Lipinski definition) is 4. The smallest absolute Gasteiger partial charge is 0.231 e. The summed E-state index contributed by atoms with van der Waals surface area (Å²) in [5.74, 6) is 2.26. The molecule has 2 aliphatic heterocycles. The van der Waals surface area contributed by atoms with Crippen LogP contribution in [-0.2, 0) is 11.2 Å². The van der Waals surface area contributed by atoms with Gasteiger partial charge in [0.2, 0.25) is 18.4 Å². The van der Waals surface area contributed by atoms with Crippen LogP contribution in [0.3, 0.4) is 0 Å². The first kappa shape index (κ1) is 13.1. The molecule has 3 rings (SSSR count). The number of benzene rings is 1. The van der Waals surface area contributed by atoms with Crippen molar-refractivity contribution in [2.24, 2.45) is 0 Å². The quantitative estimate of drug-likeness (QED) is 0.844. The molecule has 0 bridgehead atoms. The Kier molecular flexibility index (Phi) is 3.67. The molecule has 5 nitrogen and oxygen atoms in total. The van der Waals surface area contributed by atoms with Crippen LogP contribution in [0.15, 0.2) is 12.1 Å². The predicted octanol–water partition coefficient (Wildman–Crippen LogP) is 1.98. The lowest BCUT2D eigenvalue weighted by molar-refractivity contribution is -0.130. The van der Waals surface area contributed by atoms with Gasteiger partial charge in [-0.1, -0.05) is 0 Å². The molecule has 1 amide bonds. The molecule has 0 spiro atoms. The van der Waals surface area contributed by atoms with E-state index < -0.39 is 0 Å². The maximum absolute atomic E-state index is 12.0. The number of amides is 1. The molecule has 0 atom stereocenters. The van der Waals surface area contributed by atoms with Gasteiger partial charge in [-0.05, 0) is 37.0 Å². The standard InChI is InChI=1S/C15H19NO4/c1-18-12-8-11(9-13-15(12)20-10-19-13)4-5-14(17)16-6-2-3-7-16/h8-9H,2-7,10H2,1H3. The second-order valence-electron chi connectivity index (χ2n) is 5.12. The third kappa shape index (κ3) is 2.53. The number of hydrogen-bond donors (Lipinski definition) is 0. The van der Waals surface area contributed by atoms with Crippen molar-refractivity contribution < 1.29 is 19.0 Å². The van der Waals surface area contributed by atoms with E-state index in [4.69, 9.17) is 14.2 Å². The zero-order chi connectivity index (χ0) is 13.9. The molecule has 0 aromatic heterocycles. The van der Waals surface area contributed by atoms with E-state index >= 15 is 0 Å². The second-order valence-corrected chi connectivity index (χ2v) is 5.12. The Hall–Kier alpha value is -1.91. The molecule has 0 N–H and O–H groups in total. The summed E-state index contributed by atoms with van der Waals surface area (Å²) in [7, 11) is 1.61. The molecule has 2 aliphatic rings. The summed E-state index contributed by atoms with van der Waals surface area (Å²) in [6.07, 6.45) is 3.48. The first-order chi connectivity index (χ1) is 9.78. The third-order valence-corrected chi connectivity index (χ3v) is 3.80. The van der Waals surface area contributed by atoms with Gasteiger partial charge in [0, 0.05) is 19.5 Å². The Morgan fingerprint density at radius 2 is 2.10 bits per heavy atom. The van der Waals surface area contributed by atoms with Gasteiger partial charge in [0.25, 0.3) is 0 Å². The SMILES string of the molecule is COc1cc(CCC(=O)N2CCCC2)cc2c1OCO2. The van der Waals surface area contributed by atoms with E-state index in [1.807, 2.05) is 17.0 Å². The molecule has 1 aromatic rings. The monoisotopic (exact) mass is 277 g/mol. The maximum Gasteiger partial charge on any atom is 0.231 e. The van der Waals surface area contributed by atoms with Crippen LogP contribution in [0.1, 0.15) is 24.8 Å². The van der Waals surface area contributed by atoms with Gasteiger partial charge in [0.15, 0.2) is 11.5 Å². The number of likely N-dealkylation sites (tertiary alicyclic amines) is 1. The van der Waals surface area contributed by atoms with Crippen LogP contribution >= 0.6 is 0 Å². The molecule has 2 heterocycles. The van der Waals surface area contributed by atoms with Gasteiger partial charge in [-0.15, -0.1) is 0 Å². The Bertz CT molecular complexity index is 509. The van der Waals surface area contributed by atoms with E-state index in [1.165, 1.54) is 0 Å². The van der Waals surface area contributed by atoms with Crippen LogP contribution < -0.4 is 14.2 Å². The molecule has 0 saturated carbocycles. The predicted molar refractivity (Wildman–Crippen MR) is 73.3 cm³/mol. The Morgan fingerprint density at radius 3 is 2.85 bits per heavy atom. The minimum Gasteiger partial charge on any atom is -0.493 e. The molecule has 0 unspecified atom stereocenters. The fourth-order valence-corrected chi connectivity index (χ4v) is 2.70. The lowest BCUT2D eigenvalue weighted by atomic mass is 10.1. The average Bonchev–Trinajstić information content (AvgIpc) is 3.14. The van der Waals surface area contributed by atoms with Gasteiger partial charge in [0.1, 0.15) is 0 Å². The zero-order valence-corrected chi connectivity index (χ0v) is 11.7. The van der Waals surface area contributed by atoms with Gasteiger partial charge in [0.05, 0.1) is 7.11 Å². The van der Waals surface area contributed by atoms with Gasteiger partial charge in [-0.25, -0.2) is 0 Å². The van der Waals surface area contributed by atoms with Gasteiger partial charge in [-0.2, -0.15) is 0 Å². The zero-order valence-electron chi connectivity index (χ0n) is 11.7. The first-order valence-electron chi connectivity index (χ1n) is 7.02. The highest BCUT2D eigenvalue weighted by Gasteiger charge is 2.21. The fraction of sp³-hybridized carbons (Fsp3) is 0.533. The van der Waals surface area contributed by atoms with Crippen LogP contribution in [0.2, 0.25) is 0 Å². The molecule has 5 heteroatoms. The molecule has 1 aromatic carbocycles. The van der Waals surface area contributed by atoms with Crippen molar-refractivity contribution in [3.8, 4) is 17.2 Å². The van der Waals surface area contributed by atoms with E-state index in [0.717, 1.165) is 31.5 Å². The van der Waals surface area contributed by atoms with E-state index in [0.29, 0.717) is 30.1 Å². The molecule has 0 radical (unpaired) electrons. The normalized spacial score (nSPS) is 16.6. The van der Waals surface area contributed by atoms with Crippen LogP contribution in [-0.4, -0.2) is 37.8 Å². The van der Waals surface area contributed by atoms with Crippen LogP contribution in [0.4, 0.5) is 0 Å². The minimum atomic E-state index is 0.224. The van der Waals surface area contributed by atoms with Gasteiger partial charge < -0.3 is 19.1 Å². The highest BCUT2D eigenvalue weighted by Crippen LogP contribution is 2.42. The summed E-state index contributed by atoms with van der Waals surface area (Å²) in [5.41, 5.74) is 1.04. The molecule has 20 heavy (non-hydrogen) atoms. The van der Waals surface area contributed by atoms with E-state index in [1.54, 1.807) is 7.11 Å².